The van der Waals surface area contributed by atoms with E-state index in [1.807, 2.05) is 0 Å². The topological polar surface area (TPSA) is 27.7 Å². The van der Waals surface area contributed by atoms with E-state index in [0.29, 0.717) is 13.2 Å². The van der Waals surface area contributed by atoms with Crippen LogP contribution in [0, 0.1) is 0 Å². The molecule has 0 amide bonds. The molecule has 0 radical (unpaired) electrons. The number of unbranched alkanes of at least 4 members (excludes halogenated alkanes) is 4. The summed E-state index contributed by atoms with van der Waals surface area (Å²) in [5, 5.41) is 0. The molecule has 102 valence electrons. The SMILES string of the molecule is CCCCCOC1COC(CCCCC)OC1. The van der Waals surface area contributed by atoms with Crippen molar-refractivity contribution >= 4 is 0 Å². The Morgan fingerprint density at radius 3 is 2.24 bits per heavy atom. The van der Waals surface area contributed by atoms with Crippen molar-refractivity contribution in [1.82, 2.24) is 0 Å². The van der Waals surface area contributed by atoms with E-state index >= 15 is 0 Å². The molecule has 0 aromatic carbocycles. The third-order valence-corrected chi connectivity index (χ3v) is 3.08. The summed E-state index contributed by atoms with van der Waals surface area (Å²) in [6.07, 6.45) is 8.52. The van der Waals surface area contributed by atoms with Crippen LogP contribution in [0.1, 0.15) is 58.8 Å². The van der Waals surface area contributed by atoms with E-state index < -0.39 is 0 Å². The summed E-state index contributed by atoms with van der Waals surface area (Å²) in [5.41, 5.74) is 0. The van der Waals surface area contributed by atoms with Gasteiger partial charge >= 0.3 is 0 Å². The van der Waals surface area contributed by atoms with Crippen LogP contribution in [0.2, 0.25) is 0 Å². The van der Waals surface area contributed by atoms with Gasteiger partial charge in [0.05, 0.1) is 13.2 Å². The lowest BCUT2D eigenvalue weighted by molar-refractivity contribution is -0.228. The normalized spacial score (nSPS) is 25.1. The first-order chi connectivity index (χ1) is 8.36. The molecular weight excluding hydrogens is 216 g/mol. The van der Waals surface area contributed by atoms with Gasteiger partial charge < -0.3 is 14.2 Å². The van der Waals surface area contributed by atoms with E-state index in [0.717, 1.165) is 19.4 Å². The van der Waals surface area contributed by atoms with Crippen LogP contribution >= 0.6 is 0 Å². The van der Waals surface area contributed by atoms with Crippen molar-refractivity contribution < 1.29 is 14.2 Å². The van der Waals surface area contributed by atoms with Gasteiger partial charge in [-0.1, -0.05) is 39.5 Å². The first kappa shape index (κ1) is 14.9. The minimum atomic E-state index is 0.0111. The zero-order valence-corrected chi connectivity index (χ0v) is 11.5. The molecule has 0 bridgehead atoms. The van der Waals surface area contributed by atoms with Gasteiger partial charge in [0.25, 0.3) is 0 Å². The molecule has 0 aliphatic carbocycles. The van der Waals surface area contributed by atoms with E-state index in [9.17, 15) is 0 Å². The Kier molecular flexibility index (Phi) is 8.67. The number of hydrogen-bond acceptors (Lipinski definition) is 3. The summed E-state index contributed by atoms with van der Waals surface area (Å²) in [7, 11) is 0. The largest absolute Gasteiger partial charge is 0.373 e. The Morgan fingerprint density at radius 2 is 1.59 bits per heavy atom. The predicted molar refractivity (Wildman–Crippen MR) is 69.1 cm³/mol. The molecular formula is C14H28O3. The standard InChI is InChI=1S/C14H28O3/c1-3-5-7-9-14-16-11-13(12-17-14)15-10-8-6-4-2/h13-14H,3-12H2,1-2H3. The average molecular weight is 244 g/mol. The third-order valence-electron chi connectivity index (χ3n) is 3.08. The van der Waals surface area contributed by atoms with E-state index in [-0.39, 0.29) is 12.4 Å². The van der Waals surface area contributed by atoms with Gasteiger partial charge in [0.15, 0.2) is 6.29 Å². The zero-order chi connectivity index (χ0) is 12.3. The summed E-state index contributed by atoms with van der Waals surface area (Å²) < 4.78 is 17.0. The highest BCUT2D eigenvalue weighted by molar-refractivity contribution is 4.63. The van der Waals surface area contributed by atoms with Crippen LogP contribution in [-0.4, -0.2) is 32.2 Å². The maximum absolute atomic E-state index is 5.71. The van der Waals surface area contributed by atoms with Crippen LogP contribution in [0.3, 0.4) is 0 Å². The highest BCUT2D eigenvalue weighted by Crippen LogP contribution is 2.15. The number of rotatable bonds is 9. The van der Waals surface area contributed by atoms with Crippen LogP contribution in [-0.2, 0) is 14.2 Å². The molecule has 1 saturated heterocycles. The second kappa shape index (κ2) is 9.86. The molecule has 0 atom stereocenters. The van der Waals surface area contributed by atoms with Crippen molar-refractivity contribution in [3.63, 3.8) is 0 Å². The molecule has 3 nitrogen and oxygen atoms in total. The van der Waals surface area contributed by atoms with Crippen LogP contribution in [0.5, 0.6) is 0 Å². The maximum atomic E-state index is 5.71. The monoisotopic (exact) mass is 244 g/mol. The van der Waals surface area contributed by atoms with Crippen molar-refractivity contribution in [1.29, 1.82) is 0 Å². The van der Waals surface area contributed by atoms with Crippen LogP contribution < -0.4 is 0 Å². The predicted octanol–water partition coefficient (Wildman–Crippen LogP) is 3.52. The fraction of sp³-hybridized carbons (Fsp3) is 1.00. The molecule has 1 aliphatic rings. The molecule has 3 heteroatoms. The summed E-state index contributed by atoms with van der Waals surface area (Å²) in [6, 6.07) is 0. The van der Waals surface area contributed by atoms with Crippen LogP contribution in [0.25, 0.3) is 0 Å². The Balaban J connectivity index is 1.97. The van der Waals surface area contributed by atoms with E-state index in [1.54, 1.807) is 0 Å². The highest BCUT2D eigenvalue weighted by Gasteiger charge is 2.21. The minimum absolute atomic E-state index is 0.0111. The molecule has 0 unspecified atom stereocenters. The van der Waals surface area contributed by atoms with Gasteiger partial charge in [-0.3, -0.25) is 0 Å². The number of ether oxygens (including phenoxy) is 3. The molecule has 1 fully saturated rings. The van der Waals surface area contributed by atoms with Gasteiger partial charge in [-0.2, -0.15) is 0 Å². The minimum Gasteiger partial charge on any atom is -0.373 e. The van der Waals surface area contributed by atoms with Crippen LogP contribution in [0.15, 0.2) is 0 Å². The first-order valence-corrected chi connectivity index (χ1v) is 7.21. The van der Waals surface area contributed by atoms with Crippen molar-refractivity contribution in [2.75, 3.05) is 19.8 Å². The van der Waals surface area contributed by atoms with Crippen molar-refractivity contribution in [2.24, 2.45) is 0 Å². The second-order valence-corrected chi connectivity index (χ2v) is 4.79. The molecule has 0 spiro atoms. The van der Waals surface area contributed by atoms with Crippen molar-refractivity contribution in [2.45, 2.75) is 71.2 Å². The molecule has 1 heterocycles. The fourth-order valence-electron chi connectivity index (χ4n) is 1.95. The van der Waals surface area contributed by atoms with E-state index in [1.165, 1.54) is 32.1 Å². The van der Waals surface area contributed by atoms with Crippen molar-refractivity contribution in [3.8, 4) is 0 Å². The molecule has 0 saturated carbocycles. The third kappa shape index (κ3) is 7.02. The summed E-state index contributed by atoms with van der Waals surface area (Å²) in [4.78, 5) is 0. The summed E-state index contributed by atoms with van der Waals surface area (Å²) >= 11 is 0. The Hall–Kier alpha value is -0.120. The Morgan fingerprint density at radius 1 is 0.941 bits per heavy atom. The zero-order valence-electron chi connectivity index (χ0n) is 11.5. The molecule has 0 N–H and O–H groups in total. The first-order valence-electron chi connectivity index (χ1n) is 7.21. The van der Waals surface area contributed by atoms with Gasteiger partial charge in [-0.15, -0.1) is 0 Å². The van der Waals surface area contributed by atoms with E-state index in [2.05, 4.69) is 13.8 Å². The Labute approximate surface area is 106 Å². The lowest BCUT2D eigenvalue weighted by Gasteiger charge is -2.29. The van der Waals surface area contributed by atoms with Crippen LogP contribution in [0.4, 0.5) is 0 Å². The molecule has 1 rings (SSSR count). The van der Waals surface area contributed by atoms with Gasteiger partial charge in [0.2, 0.25) is 0 Å². The van der Waals surface area contributed by atoms with Gasteiger partial charge in [-0.25, -0.2) is 0 Å². The lowest BCUT2D eigenvalue weighted by Crippen LogP contribution is -2.37. The van der Waals surface area contributed by atoms with E-state index in [4.69, 9.17) is 14.2 Å². The highest BCUT2D eigenvalue weighted by atomic mass is 16.7. The molecule has 0 aromatic rings. The molecule has 17 heavy (non-hydrogen) atoms. The van der Waals surface area contributed by atoms with Gasteiger partial charge in [0, 0.05) is 6.61 Å². The number of hydrogen-bond donors (Lipinski definition) is 0. The fourth-order valence-corrected chi connectivity index (χ4v) is 1.95. The van der Waals surface area contributed by atoms with Gasteiger partial charge in [-0.05, 0) is 19.3 Å². The maximum Gasteiger partial charge on any atom is 0.157 e. The summed E-state index contributed by atoms with van der Waals surface area (Å²) in [5.74, 6) is 0. The molecule has 1 aliphatic heterocycles. The lowest BCUT2D eigenvalue weighted by atomic mass is 10.2. The smallest absolute Gasteiger partial charge is 0.157 e. The Bertz CT molecular complexity index is 165. The van der Waals surface area contributed by atoms with Crippen molar-refractivity contribution in [3.05, 3.63) is 0 Å². The summed E-state index contributed by atoms with van der Waals surface area (Å²) in [6.45, 7) is 6.65. The average Bonchev–Trinajstić information content (AvgIpc) is 2.37. The molecule has 0 aromatic heterocycles. The quantitative estimate of drug-likeness (QED) is 0.581. The van der Waals surface area contributed by atoms with Gasteiger partial charge in [0.1, 0.15) is 6.10 Å². The second-order valence-electron chi connectivity index (χ2n) is 4.79.